The molecule has 1 aromatic rings. The minimum Gasteiger partial charge on any atom is -0.410 e. The topological polar surface area (TPSA) is 32.6 Å². The Morgan fingerprint density at radius 3 is 2.83 bits per heavy atom. The summed E-state index contributed by atoms with van der Waals surface area (Å²) in [5.41, 5.74) is 0.319. The normalized spacial score (nSPS) is 11.8. The predicted octanol–water partition coefficient (Wildman–Crippen LogP) is 2.96. The van der Waals surface area contributed by atoms with Gasteiger partial charge in [0.2, 0.25) is 0 Å². The maximum absolute atomic E-state index is 12.6. The van der Waals surface area contributed by atoms with Gasteiger partial charge in [0, 0.05) is 10.0 Å². The molecule has 5 heteroatoms. The number of hydrogen-bond donors (Lipinski definition) is 1. The van der Waals surface area contributed by atoms with Crippen molar-refractivity contribution in [3.63, 3.8) is 0 Å². The number of nitrogens with zero attached hydrogens (tertiary/aromatic N) is 1. The molecule has 0 spiro atoms. The molecule has 1 rings (SSSR count). The Labute approximate surface area is 81.8 Å². The highest BCUT2D eigenvalue weighted by atomic mass is 79.9. The molecule has 12 heavy (non-hydrogen) atoms. The molecule has 0 radical (unpaired) electrons. The standard InChI is InChI=1S/C7H4BrClFNO/c8-6-2-1-4(10)3-5(6)7(9)11-12/h1-3,12H/b11-7+. The third kappa shape index (κ3) is 1.95. The summed E-state index contributed by atoms with van der Waals surface area (Å²) < 4.78 is 13.2. The average Bonchev–Trinajstić information content (AvgIpc) is 2.08. The van der Waals surface area contributed by atoms with Crippen molar-refractivity contribution in [3.05, 3.63) is 34.1 Å². The second-order valence-corrected chi connectivity index (χ2v) is 3.23. The number of oxime groups is 1. The Hall–Kier alpha value is -0.610. The van der Waals surface area contributed by atoms with E-state index in [2.05, 4.69) is 21.1 Å². The van der Waals surface area contributed by atoms with Gasteiger partial charge in [-0.1, -0.05) is 32.7 Å². The van der Waals surface area contributed by atoms with Gasteiger partial charge in [0.05, 0.1) is 0 Å². The van der Waals surface area contributed by atoms with Gasteiger partial charge in [0.15, 0.2) is 5.17 Å². The van der Waals surface area contributed by atoms with E-state index in [-0.39, 0.29) is 5.17 Å². The van der Waals surface area contributed by atoms with Crippen LogP contribution in [0.15, 0.2) is 27.8 Å². The Bertz CT molecular complexity index is 329. The maximum Gasteiger partial charge on any atom is 0.176 e. The highest BCUT2D eigenvalue weighted by molar-refractivity contribution is 9.10. The SMILES string of the molecule is O/N=C(/Cl)c1cc(F)ccc1Br. The monoisotopic (exact) mass is 251 g/mol. The Kier molecular flexibility index (Phi) is 3.05. The van der Waals surface area contributed by atoms with Gasteiger partial charge >= 0.3 is 0 Å². The van der Waals surface area contributed by atoms with Crippen molar-refractivity contribution in [3.8, 4) is 0 Å². The lowest BCUT2D eigenvalue weighted by molar-refractivity contribution is 0.321. The molecule has 0 aliphatic rings. The molecule has 0 heterocycles. The molecule has 0 bridgehead atoms. The fourth-order valence-electron chi connectivity index (χ4n) is 0.709. The van der Waals surface area contributed by atoms with Crippen molar-refractivity contribution < 1.29 is 9.60 Å². The molecular formula is C7H4BrClFNO. The van der Waals surface area contributed by atoms with Crippen LogP contribution in [0.4, 0.5) is 4.39 Å². The first-order valence-corrected chi connectivity index (χ1v) is 4.15. The summed E-state index contributed by atoms with van der Waals surface area (Å²) in [6, 6.07) is 3.93. The van der Waals surface area contributed by atoms with Gasteiger partial charge in [0.1, 0.15) is 5.82 Å². The summed E-state index contributed by atoms with van der Waals surface area (Å²) in [4.78, 5) is 0. The molecule has 0 aromatic heterocycles. The van der Waals surface area contributed by atoms with Gasteiger partial charge in [-0.3, -0.25) is 0 Å². The van der Waals surface area contributed by atoms with Gasteiger partial charge in [-0.25, -0.2) is 4.39 Å². The van der Waals surface area contributed by atoms with Crippen LogP contribution in [0.2, 0.25) is 0 Å². The number of hydrogen-bond acceptors (Lipinski definition) is 2. The molecule has 0 atom stereocenters. The maximum atomic E-state index is 12.6. The Morgan fingerprint density at radius 1 is 1.58 bits per heavy atom. The second kappa shape index (κ2) is 3.87. The molecule has 0 amide bonds. The fraction of sp³-hybridized carbons (Fsp3) is 0. The zero-order valence-electron chi connectivity index (χ0n) is 5.76. The first kappa shape index (κ1) is 9.48. The lowest BCUT2D eigenvalue weighted by atomic mass is 10.2. The predicted molar refractivity (Wildman–Crippen MR) is 48.3 cm³/mol. The van der Waals surface area contributed by atoms with Gasteiger partial charge < -0.3 is 5.21 Å². The van der Waals surface area contributed by atoms with E-state index in [4.69, 9.17) is 16.8 Å². The molecule has 1 N–H and O–H groups in total. The van der Waals surface area contributed by atoms with Crippen molar-refractivity contribution in [2.45, 2.75) is 0 Å². The molecule has 64 valence electrons. The minimum absolute atomic E-state index is 0.152. The van der Waals surface area contributed by atoms with Crippen LogP contribution in [0, 0.1) is 5.82 Å². The Balaban J connectivity index is 3.23. The fourth-order valence-corrected chi connectivity index (χ4v) is 1.41. The zero-order chi connectivity index (χ0) is 9.14. The van der Waals surface area contributed by atoms with E-state index in [1.165, 1.54) is 18.2 Å². The second-order valence-electron chi connectivity index (χ2n) is 2.01. The van der Waals surface area contributed by atoms with Gasteiger partial charge in [-0.2, -0.15) is 0 Å². The molecule has 0 aliphatic heterocycles. The highest BCUT2D eigenvalue weighted by Crippen LogP contribution is 2.19. The third-order valence-electron chi connectivity index (χ3n) is 1.24. The van der Waals surface area contributed by atoms with E-state index in [1.807, 2.05) is 0 Å². The molecule has 0 fully saturated rings. The van der Waals surface area contributed by atoms with Crippen molar-refractivity contribution in [2.75, 3.05) is 0 Å². The summed E-state index contributed by atoms with van der Waals surface area (Å²) in [6.45, 7) is 0. The van der Waals surface area contributed by atoms with Crippen LogP contribution in [0.25, 0.3) is 0 Å². The lowest BCUT2D eigenvalue weighted by Crippen LogP contribution is -1.93. The zero-order valence-corrected chi connectivity index (χ0v) is 8.10. The Morgan fingerprint density at radius 2 is 2.25 bits per heavy atom. The van der Waals surface area contributed by atoms with E-state index in [1.54, 1.807) is 0 Å². The van der Waals surface area contributed by atoms with Gasteiger partial charge in [-0.05, 0) is 18.2 Å². The largest absolute Gasteiger partial charge is 0.410 e. The van der Waals surface area contributed by atoms with Crippen LogP contribution in [0.1, 0.15) is 5.56 Å². The molecule has 2 nitrogen and oxygen atoms in total. The van der Waals surface area contributed by atoms with Crippen LogP contribution < -0.4 is 0 Å². The van der Waals surface area contributed by atoms with Gasteiger partial charge in [-0.15, -0.1) is 0 Å². The van der Waals surface area contributed by atoms with Gasteiger partial charge in [0.25, 0.3) is 0 Å². The molecular weight excluding hydrogens is 248 g/mol. The number of rotatable bonds is 1. The first-order chi connectivity index (χ1) is 5.65. The molecule has 0 unspecified atom stereocenters. The molecule has 0 saturated carbocycles. The van der Waals surface area contributed by atoms with Crippen LogP contribution in [0.5, 0.6) is 0 Å². The summed E-state index contributed by atoms with van der Waals surface area (Å²) >= 11 is 8.60. The van der Waals surface area contributed by atoms with E-state index >= 15 is 0 Å². The highest BCUT2D eigenvalue weighted by Gasteiger charge is 2.06. The first-order valence-electron chi connectivity index (χ1n) is 2.98. The van der Waals surface area contributed by atoms with E-state index < -0.39 is 5.82 Å². The van der Waals surface area contributed by atoms with Crippen LogP contribution >= 0.6 is 27.5 Å². The van der Waals surface area contributed by atoms with Crippen molar-refractivity contribution >= 4 is 32.7 Å². The summed E-state index contributed by atoms with van der Waals surface area (Å²) in [5, 5.41) is 10.9. The third-order valence-corrected chi connectivity index (χ3v) is 2.21. The summed E-state index contributed by atoms with van der Waals surface area (Å²) in [6.07, 6.45) is 0. The number of benzene rings is 1. The average molecular weight is 252 g/mol. The van der Waals surface area contributed by atoms with Crippen molar-refractivity contribution in [1.29, 1.82) is 0 Å². The lowest BCUT2D eigenvalue weighted by Gasteiger charge is -1.99. The molecule has 1 aromatic carbocycles. The summed E-state index contributed by atoms with van der Waals surface area (Å²) in [5.74, 6) is -0.435. The quantitative estimate of drug-likeness (QED) is 0.465. The van der Waals surface area contributed by atoms with Crippen LogP contribution in [0.3, 0.4) is 0 Å². The molecule has 0 aliphatic carbocycles. The van der Waals surface area contributed by atoms with E-state index in [0.29, 0.717) is 10.0 Å². The van der Waals surface area contributed by atoms with Crippen LogP contribution in [-0.4, -0.2) is 10.4 Å². The van der Waals surface area contributed by atoms with E-state index in [9.17, 15) is 4.39 Å². The summed E-state index contributed by atoms with van der Waals surface area (Å²) in [7, 11) is 0. The van der Waals surface area contributed by atoms with E-state index in [0.717, 1.165) is 0 Å². The smallest absolute Gasteiger partial charge is 0.176 e. The van der Waals surface area contributed by atoms with Crippen molar-refractivity contribution in [1.82, 2.24) is 0 Å². The van der Waals surface area contributed by atoms with Crippen molar-refractivity contribution in [2.24, 2.45) is 5.16 Å². The number of halogens is 3. The van der Waals surface area contributed by atoms with Crippen LogP contribution in [-0.2, 0) is 0 Å². The minimum atomic E-state index is -0.435. The molecule has 0 saturated heterocycles.